The van der Waals surface area contributed by atoms with Gasteiger partial charge in [0.05, 0.1) is 5.56 Å². The first kappa shape index (κ1) is 18.4. The Morgan fingerprint density at radius 2 is 1.95 bits per heavy atom. The molecule has 0 aliphatic heterocycles. The number of carbonyl (C=O) groups is 3. The highest BCUT2D eigenvalue weighted by Crippen LogP contribution is 2.10. The van der Waals surface area contributed by atoms with Gasteiger partial charge in [0.15, 0.2) is 6.61 Å². The van der Waals surface area contributed by atoms with Gasteiger partial charge in [-0.15, -0.1) is 0 Å². The van der Waals surface area contributed by atoms with Gasteiger partial charge in [0.2, 0.25) is 0 Å². The SMILES string of the molecule is CC[C@@H](C)NC(=O)COC(=O)CNC(=O)c1ccccc1I. The zero-order valence-corrected chi connectivity index (χ0v) is 14.7. The molecule has 0 aliphatic carbocycles. The highest BCUT2D eigenvalue weighted by Gasteiger charge is 2.13. The van der Waals surface area contributed by atoms with Crippen LogP contribution in [0.4, 0.5) is 0 Å². The first-order valence-corrected chi connectivity index (χ1v) is 7.99. The summed E-state index contributed by atoms with van der Waals surface area (Å²) in [5.41, 5.74) is 0.491. The fraction of sp³-hybridized carbons (Fsp3) is 0.400. The molecule has 2 N–H and O–H groups in total. The van der Waals surface area contributed by atoms with E-state index in [9.17, 15) is 14.4 Å². The van der Waals surface area contributed by atoms with Gasteiger partial charge in [-0.3, -0.25) is 14.4 Å². The summed E-state index contributed by atoms with van der Waals surface area (Å²) in [4.78, 5) is 34.8. The largest absolute Gasteiger partial charge is 0.454 e. The van der Waals surface area contributed by atoms with Gasteiger partial charge in [0.1, 0.15) is 6.54 Å². The van der Waals surface area contributed by atoms with Crippen LogP contribution in [0.3, 0.4) is 0 Å². The third kappa shape index (κ3) is 6.42. The predicted octanol–water partition coefficient (Wildman–Crippen LogP) is 1.48. The number of hydrogen-bond donors (Lipinski definition) is 2. The highest BCUT2D eigenvalue weighted by atomic mass is 127. The summed E-state index contributed by atoms with van der Waals surface area (Å²) in [5.74, 6) is -1.36. The van der Waals surface area contributed by atoms with Crippen molar-refractivity contribution in [3.05, 3.63) is 33.4 Å². The van der Waals surface area contributed by atoms with Crippen LogP contribution in [0.15, 0.2) is 24.3 Å². The highest BCUT2D eigenvalue weighted by molar-refractivity contribution is 14.1. The van der Waals surface area contributed by atoms with Gasteiger partial charge in [-0.25, -0.2) is 0 Å². The molecule has 0 fully saturated rings. The van der Waals surface area contributed by atoms with Gasteiger partial charge in [0, 0.05) is 9.61 Å². The average molecular weight is 418 g/mol. The van der Waals surface area contributed by atoms with Crippen LogP contribution < -0.4 is 10.6 Å². The van der Waals surface area contributed by atoms with E-state index < -0.39 is 5.97 Å². The number of esters is 1. The summed E-state index contributed by atoms with van der Waals surface area (Å²) in [6.45, 7) is 3.18. The van der Waals surface area contributed by atoms with Crippen molar-refractivity contribution in [1.29, 1.82) is 0 Å². The number of carbonyl (C=O) groups excluding carboxylic acids is 3. The maximum Gasteiger partial charge on any atom is 0.325 e. The molecule has 6 nitrogen and oxygen atoms in total. The number of rotatable bonds is 7. The summed E-state index contributed by atoms with van der Waals surface area (Å²) in [6.07, 6.45) is 0.797. The van der Waals surface area contributed by atoms with Crippen molar-refractivity contribution < 1.29 is 19.1 Å². The number of hydrogen-bond acceptors (Lipinski definition) is 4. The first-order valence-electron chi connectivity index (χ1n) is 6.91. The fourth-order valence-electron chi connectivity index (χ4n) is 1.51. The Balaban J connectivity index is 2.33. The topological polar surface area (TPSA) is 84.5 Å². The minimum Gasteiger partial charge on any atom is -0.454 e. The van der Waals surface area contributed by atoms with Gasteiger partial charge in [0.25, 0.3) is 11.8 Å². The Labute approximate surface area is 143 Å². The molecule has 7 heteroatoms. The van der Waals surface area contributed by atoms with Gasteiger partial charge in [-0.05, 0) is 48.1 Å². The van der Waals surface area contributed by atoms with Gasteiger partial charge in [-0.2, -0.15) is 0 Å². The smallest absolute Gasteiger partial charge is 0.325 e. The lowest BCUT2D eigenvalue weighted by atomic mass is 10.2. The maximum absolute atomic E-state index is 11.9. The third-order valence-corrected chi connectivity index (χ3v) is 3.84. The van der Waals surface area contributed by atoms with Crippen molar-refractivity contribution in [2.75, 3.05) is 13.2 Å². The second-order valence-corrected chi connectivity index (χ2v) is 5.86. The Bertz CT molecular complexity index is 548. The van der Waals surface area contributed by atoms with E-state index in [-0.39, 0.29) is 31.0 Å². The molecule has 1 atom stereocenters. The quantitative estimate of drug-likeness (QED) is 0.519. The normalized spacial score (nSPS) is 11.4. The molecular weight excluding hydrogens is 399 g/mol. The molecule has 1 aromatic rings. The van der Waals surface area contributed by atoms with Crippen molar-refractivity contribution in [3.8, 4) is 0 Å². The molecular formula is C15H19IN2O4. The number of benzene rings is 1. The van der Waals surface area contributed by atoms with E-state index >= 15 is 0 Å². The van der Waals surface area contributed by atoms with Crippen molar-refractivity contribution in [1.82, 2.24) is 10.6 Å². The lowest BCUT2D eigenvalue weighted by molar-refractivity contribution is -0.147. The Morgan fingerprint density at radius 3 is 2.59 bits per heavy atom. The van der Waals surface area contributed by atoms with Crippen molar-refractivity contribution >= 4 is 40.4 Å². The standard InChI is InChI=1S/C15H19IN2O4/c1-3-10(2)18-13(19)9-22-14(20)8-17-15(21)11-6-4-5-7-12(11)16/h4-7,10H,3,8-9H2,1-2H3,(H,17,21)(H,18,19)/t10-/m1/s1. The van der Waals surface area contributed by atoms with E-state index in [2.05, 4.69) is 10.6 Å². The molecule has 0 spiro atoms. The summed E-state index contributed by atoms with van der Waals surface area (Å²) < 4.78 is 5.59. The van der Waals surface area contributed by atoms with Crippen LogP contribution in [-0.4, -0.2) is 37.0 Å². The second-order valence-electron chi connectivity index (χ2n) is 4.70. The van der Waals surface area contributed by atoms with Crippen LogP contribution in [-0.2, 0) is 14.3 Å². The molecule has 0 saturated heterocycles. The zero-order chi connectivity index (χ0) is 16.5. The van der Waals surface area contributed by atoms with Gasteiger partial charge >= 0.3 is 5.97 Å². The van der Waals surface area contributed by atoms with Crippen LogP contribution in [0.1, 0.15) is 30.6 Å². The summed E-state index contributed by atoms with van der Waals surface area (Å²) >= 11 is 2.04. The Morgan fingerprint density at radius 1 is 1.27 bits per heavy atom. The second kappa shape index (κ2) is 9.39. The fourth-order valence-corrected chi connectivity index (χ4v) is 2.14. The molecule has 0 aromatic heterocycles. The van der Waals surface area contributed by atoms with E-state index in [1.165, 1.54) is 0 Å². The van der Waals surface area contributed by atoms with E-state index in [1.807, 2.05) is 42.5 Å². The summed E-state index contributed by atoms with van der Waals surface area (Å²) in [7, 11) is 0. The van der Waals surface area contributed by atoms with Crippen LogP contribution in [0.25, 0.3) is 0 Å². The number of ether oxygens (including phenoxy) is 1. The van der Waals surface area contributed by atoms with Crippen molar-refractivity contribution in [2.45, 2.75) is 26.3 Å². The molecule has 22 heavy (non-hydrogen) atoms. The monoisotopic (exact) mass is 418 g/mol. The van der Waals surface area contributed by atoms with Crippen LogP contribution in [0.2, 0.25) is 0 Å². The van der Waals surface area contributed by atoms with Crippen molar-refractivity contribution in [2.24, 2.45) is 0 Å². The van der Waals surface area contributed by atoms with Crippen LogP contribution in [0.5, 0.6) is 0 Å². The maximum atomic E-state index is 11.9. The predicted molar refractivity (Wildman–Crippen MR) is 90.3 cm³/mol. The average Bonchev–Trinajstić information content (AvgIpc) is 2.50. The molecule has 0 heterocycles. The van der Waals surface area contributed by atoms with E-state index in [4.69, 9.17) is 4.74 Å². The lowest BCUT2D eigenvalue weighted by Gasteiger charge is -2.11. The van der Waals surface area contributed by atoms with E-state index in [1.54, 1.807) is 18.2 Å². The van der Waals surface area contributed by atoms with Crippen LogP contribution >= 0.6 is 22.6 Å². The molecule has 0 radical (unpaired) electrons. The van der Waals surface area contributed by atoms with E-state index in [0.29, 0.717) is 5.56 Å². The summed E-state index contributed by atoms with van der Waals surface area (Å²) in [5, 5.41) is 5.14. The molecule has 1 aromatic carbocycles. The van der Waals surface area contributed by atoms with Crippen molar-refractivity contribution in [3.63, 3.8) is 0 Å². The first-order chi connectivity index (χ1) is 10.4. The van der Waals surface area contributed by atoms with Gasteiger partial charge in [-0.1, -0.05) is 19.1 Å². The van der Waals surface area contributed by atoms with Gasteiger partial charge < -0.3 is 15.4 Å². The van der Waals surface area contributed by atoms with Crippen LogP contribution in [0, 0.1) is 3.57 Å². The molecule has 1 rings (SSSR count). The molecule has 120 valence electrons. The Hall–Kier alpha value is -1.64. The molecule has 0 saturated carbocycles. The van der Waals surface area contributed by atoms with E-state index in [0.717, 1.165) is 9.99 Å². The number of halogens is 1. The molecule has 0 unspecified atom stereocenters. The molecule has 0 bridgehead atoms. The lowest BCUT2D eigenvalue weighted by Crippen LogP contribution is -2.37. The molecule has 2 amide bonds. The zero-order valence-electron chi connectivity index (χ0n) is 12.5. The minimum absolute atomic E-state index is 0.0334. The summed E-state index contributed by atoms with van der Waals surface area (Å²) in [6, 6.07) is 7.07. The third-order valence-electron chi connectivity index (χ3n) is 2.90. The Kier molecular flexibility index (Phi) is 7.86. The molecule has 0 aliphatic rings. The number of nitrogens with one attached hydrogen (secondary N) is 2. The number of amides is 2. The minimum atomic E-state index is -0.654.